The molecule has 0 saturated heterocycles. The summed E-state index contributed by atoms with van der Waals surface area (Å²) in [7, 11) is 0. The Morgan fingerprint density at radius 1 is 1.10 bits per heavy atom. The lowest BCUT2D eigenvalue weighted by atomic mass is 10.1. The fourth-order valence-corrected chi connectivity index (χ4v) is 2.51. The Morgan fingerprint density at radius 3 is 2.57 bits per heavy atom. The predicted octanol–water partition coefficient (Wildman–Crippen LogP) is 4.10. The third kappa shape index (κ3) is 2.81. The highest BCUT2D eigenvalue weighted by Gasteiger charge is 2.25. The summed E-state index contributed by atoms with van der Waals surface area (Å²) in [4.78, 5) is 16.3. The molecule has 104 valence electrons. The number of aliphatic imine (C=N–C) groups is 1. The molecule has 2 aromatic rings. The van der Waals surface area contributed by atoms with Gasteiger partial charge in [-0.05, 0) is 52.2 Å². The first-order chi connectivity index (χ1) is 10.1. The molecule has 2 aromatic carbocycles. The lowest BCUT2D eigenvalue weighted by Crippen LogP contribution is -2.05. The summed E-state index contributed by atoms with van der Waals surface area (Å²) in [6, 6.07) is 15.3. The highest BCUT2D eigenvalue weighted by molar-refractivity contribution is 9.10. The van der Waals surface area contributed by atoms with Gasteiger partial charge in [0.15, 0.2) is 5.70 Å². The van der Waals surface area contributed by atoms with Gasteiger partial charge >= 0.3 is 5.97 Å². The lowest BCUT2D eigenvalue weighted by molar-refractivity contribution is -0.129. The number of cyclic esters (lactones) is 1. The number of carbonyl (C=O) groups excluding carboxylic acids is 1. The van der Waals surface area contributed by atoms with Crippen molar-refractivity contribution >= 4 is 33.9 Å². The molecule has 0 radical (unpaired) electrons. The molecule has 21 heavy (non-hydrogen) atoms. The van der Waals surface area contributed by atoms with Crippen molar-refractivity contribution in [3.8, 4) is 0 Å². The van der Waals surface area contributed by atoms with Crippen molar-refractivity contribution in [3.05, 3.63) is 75.4 Å². The van der Waals surface area contributed by atoms with Gasteiger partial charge < -0.3 is 4.74 Å². The molecule has 1 aliphatic rings. The van der Waals surface area contributed by atoms with Crippen molar-refractivity contribution in [1.29, 1.82) is 0 Å². The Labute approximate surface area is 131 Å². The number of esters is 1. The average Bonchev–Trinajstić information content (AvgIpc) is 2.83. The number of hydrogen-bond acceptors (Lipinski definition) is 3. The number of ether oxygens (including phenoxy) is 1. The number of benzene rings is 2. The number of rotatable bonds is 2. The molecular weight excluding hydrogens is 330 g/mol. The van der Waals surface area contributed by atoms with E-state index in [-0.39, 0.29) is 0 Å². The van der Waals surface area contributed by atoms with Crippen LogP contribution in [0.15, 0.2) is 63.7 Å². The average molecular weight is 342 g/mol. The molecule has 0 spiro atoms. The van der Waals surface area contributed by atoms with Crippen LogP contribution in [0, 0.1) is 6.92 Å². The van der Waals surface area contributed by atoms with Gasteiger partial charge in [0.1, 0.15) is 0 Å². The first kappa shape index (κ1) is 13.8. The molecule has 1 heterocycles. The molecule has 4 heteroatoms. The zero-order valence-corrected chi connectivity index (χ0v) is 12.9. The molecule has 0 amide bonds. The molecule has 0 unspecified atom stereocenters. The highest BCUT2D eigenvalue weighted by atomic mass is 79.9. The van der Waals surface area contributed by atoms with Crippen molar-refractivity contribution in [2.75, 3.05) is 0 Å². The van der Waals surface area contributed by atoms with Gasteiger partial charge in [0.2, 0.25) is 5.90 Å². The topological polar surface area (TPSA) is 38.7 Å². The first-order valence-electron chi connectivity index (χ1n) is 6.48. The quantitative estimate of drug-likeness (QED) is 0.609. The fourth-order valence-electron chi connectivity index (χ4n) is 2.06. The number of nitrogens with zero attached hydrogens (tertiary/aromatic N) is 1. The molecule has 3 nitrogen and oxygen atoms in total. The van der Waals surface area contributed by atoms with Crippen LogP contribution in [0.5, 0.6) is 0 Å². The van der Waals surface area contributed by atoms with Gasteiger partial charge in [-0.15, -0.1) is 0 Å². The third-order valence-corrected chi connectivity index (χ3v) is 3.90. The van der Waals surface area contributed by atoms with E-state index in [9.17, 15) is 4.79 Å². The van der Waals surface area contributed by atoms with E-state index in [1.807, 2.05) is 55.5 Å². The fraction of sp³-hybridized carbons (Fsp3) is 0.0588. The summed E-state index contributed by atoms with van der Waals surface area (Å²) in [6.07, 6.45) is 1.75. The van der Waals surface area contributed by atoms with E-state index in [4.69, 9.17) is 4.74 Å². The second-order valence-electron chi connectivity index (χ2n) is 4.67. The van der Waals surface area contributed by atoms with Crippen molar-refractivity contribution in [2.45, 2.75) is 6.92 Å². The molecule has 0 N–H and O–H groups in total. The molecule has 0 fully saturated rings. The normalized spacial score (nSPS) is 16.0. The second kappa shape index (κ2) is 5.66. The van der Waals surface area contributed by atoms with Crippen molar-refractivity contribution in [2.24, 2.45) is 4.99 Å². The van der Waals surface area contributed by atoms with Crippen LogP contribution >= 0.6 is 15.9 Å². The van der Waals surface area contributed by atoms with Gasteiger partial charge in [0.05, 0.1) is 5.56 Å². The van der Waals surface area contributed by atoms with Crippen LogP contribution in [0.1, 0.15) is 16.7 Å². The summed E-state index contributed by atoms with van der Waals surface area (Å²) in [5, 5.41) is 0. The maximum atomic E-state index is 12.0. The van der Waals surface area contributed by atoms with Crippen LogP contribution < -0.4 is 0 Å². The maximum absolute atomic E-state index is 12.0. The van der Waals surface area contributed by atoms with E-state index in [1.165, 1.54) is 0 Å². The maximum Gasteiger partial charge on any atom is 0.363 e. The molecule has 0 saturated carbocycles. The Kier molecular flexibility index (Phi) is 3.71. The zero-order valence-electron chi connectivity index (χ0n) is 11.3. The minimum atomic E-state index is -0.427. The second-order valence-corrected chi connectivity index (χ2v) is 5.53. The molecule has 1 aliphatic heterocycles. The van der Waals surface area contributed by atoms with Crippen molar-refractivity contribution < 1.29 is 9.53 Å². The van der Waals surface area contributed by atoms with E-state index < -0.39 is 5.97 Å². The Balaban J connectivity index is 2.00. The van der Waals surface area contributed by atoms with Crippen molar-refractivity contribution in [1.82, 2.24) is 0 Å². The Morgan fingerprint density at radius 2 is 1.81 bits per heavy atom. The van der Waals surface area contributed by atoms with Crippen molar-refractivity contribution in [3.63, 3.8) is 0 Å². The van der Waals surface area contributed by atoms with Crippen LogP contribution in [0.4, 0.5) is 0 Å². The monoisotopic (exact) mass is 341 g/mol. The lowest BCUT2D eigenvalue weighted by Gasteiger charge is -2.01. The summed E-state index contributed by atoms with van der Waals surface area (Å²) in [6.45, 7) is 1.99. The number of aryl methyl sites for hydroxylation is 1. The SMILES string of the molecule is Cc1ccccc1/C=C1\N=C(c2ccccc2Br)OC1=O. The largest absolute Gasteiger partial charge is 0.402 e. The molecular formula is C17H12BrNO2. The van der Waals surface area contributed by atoms with E-state index in [0.29, 0.717) is 11.6 Å². The molecule has 0 atom stereocenters. The summed E-state index contributed by atoms with van der Waals surface area (Å²) >= 11 is 3.43. The zero-order chi connectivity index (χ0) is 14.8. The van der Waals surface area contributed by atoms with Crippen LogP contribution in [-0.4, -0.2) is 11.9 Å². The van der Waals surface area contributed by atoms with Gasteiger partial charge in [0, 0.05) is 4.47 Å². The Bertz CT molecular complexity index is 778. The van der Waals surface area contributed by atoms with Crippen LogP contribution in [-0.2, 0) is 9.53 Å². The molecule has 0 aliphatic carbocycles. The van der Waals surface area contributed by atoms with Gasteiger partial charge in [-0.2, -0.15) is 0 Å². The summed E-state index contributed by atoms with van der Waals surface area (Å²) in [5.74, 6) is -0.101. The highest BCUT2D eigenvalue weighted by Crippen LogP contribution is 2.24. The molecule has 3 rings (SSSR count). The van der Waals surface area contributed by atoms with Gasteiger partial charge in [-0.25, -0.2) is 9.79 Å². The molecule has 0 aromatic heterocycles. The van der Waals surface area contributed by atoms with E-state index in [0.717, 1.165) is 21.2 Å². The van der Waals surface area contributed by atoms with E-state index in [1.54, 1.807) is 6.08 Å². The number of halogens is 1. The summed E-state index contributed by atoms with van der Waals surface area (Å²) < 4.78 is 6.11. The van der Waals surface area contributed by atoms with E-state index in [2.05, 4.69) is 20.9 Å². The van der Waals surface area contributed by atoms with E-state index >= 15 is 0 Å². The predicted molar refractivity (Wildman–Crippen MR) is 85.9 cm³/mol. The van der Waals surface area contributed by atoms with Crippen LogP contribution in [0.25, 0.3) is 6.08 Å². The number of hydrogen-bond donors (Lipinski definition) is 0. The van der Waals surface area contributed by atoms with Crippen LogP contribution in [0.3, 0.4) is 0 Å². The van der Waals surface area contributed by atoms with Gasteiger partial charge in [0.25, 0.3) is 0 Å². The minimum Gasteiger partial charge on any atom is -0.402 e. The smallest absolute Gasteiger partial charge is 0.363 e. The first-order valence-corrected chi connectivity index (χ1v) is 7.27. The van der Waals surface area contributed by atoms with Gasteiger partial charge in [-0.3, -0.25) is 0 Å². The Hall–Kier alpha value is -2.20. The third-order valence-electron chi connectivity index (χ3n) is 3.21. The summed E-state index contributed by atoms with van der Waals surface area (Å²) in [5.41, 5.74) is 3.12. The van der Waals surface area contributed by atoms with Gasteiger partial charge in [-0.1, -0.05) is 36.4 Å². The minimum absolute atomic E-state index is 0.315. The number of carbonyl (C=O) groups is 1. The molecule has 0 bridgehead atoms. The van der Waals surface area contributed by atoms with Crippen LogP contribution in [0.2, 0.25) is 0 Å². The standard InChI is InChI=1S/C17H12BrNO2/c1-11-6-2-3-7-12(11)10-15-17(20)21-16(19-15)13-8-4-5-9-14(13)18/h2-10H,1H3/b15-10-.